The van der Waals surface area contributed by atoms with E-state index in [4.69, 9.17) is 4.74 Å². The summed E-state index contributed by atoms with van der Waals surface area (Å²) in [6.45, 7) is 13.1. The van der Waals surface area contributed by atoms with Crippen LogP contribution in [0.15, 0.2) is 35.4 Å². The van der Waals surface area contributed by atoms with Crippen molar-refractivity contribution in [3.05, 3.63) is 35.9 Å². The van der Waals surface area contributed by atoms with E-state index < -0.39 is 47.5 Å². The van der Waals surface area contributed by atoms with Crippen LogP contribution < -0.4 is 16.1 Å². The molecular weight excluding hydrogens is 486 g/mol. The van der Waals surface area contributed by atoms with Crippen LogP contribution in [0.2, 0.25) is 0 Å². The molecule has 1 aromatic rings. The van der Waals surface area contributed by atoms with Crippen LogP contribution in [-0.4, -0.2) is 64.7 Å². The van der Waals surface area contributed by atoms with Crippen LogP contribution in [0.4, 0.5) is 4.79 Å². The molecule has 3 N–H and O–H groups in total. The Kier molecular flexibility index (Phi) is 11.3. The molecule has 0 spiro atoms. The van der Waals surface area contributed by atoms with Crippen LogP contribution in [0, 0.1) is 5.92 Å². The third-order valence-electron chi connectivity index (χ3n) is 5.83. The van der Waals surface area contributed by atoms with E-state index in [1.54, 1.807) is 34.6 Å². The van der Waals surface area contributed by atoms with Crippen LogP contribution in [0.3, 0.4) is 0 Å². The van der Waals surface area contributed by atoms with E-state index in [1.807, 2.05) is 44.2 Å². The van der Waals surface area contributed by atoms with Crippen molar-refractivity contribution in [3.8, 4) is 0 Å². The minimum Gasteiger partial charge on any atom is -0.444 e. The number of hydrazone groups is 1. The monoisotopic (exact) mass is 529 g/mol. The van der Waals surface area contributed by atoms with Crippen molar-refractivity contribution in [1.29, 1.82) is 0 Å². The van der Waals surface area contributed by atoms with Crippen molar-refractivity contribution in [3.63, 3.8) is 0 Å². The van der Waals surface area contributed by atoms with Gasteiger partial charge >= 0.3 is 6.09 Å². The lowest BCUT2D eigenvalue weighted by Crippen LogP contribution is -2.57. The van der Waals surface area contributed by atoms with Gasteiger partial charge < -0.3 is 15.4 Å². The second kappa shape index (κ2) is 13.9. The first kappa shape index (κ1) is 30.8. The van der Waals surface area contributed by atoms with Crippen LogP contribution in [-0.2, 0) is 25.5 Å². The summed E-state index contributed by atoms with van der Waals surface area (Å²) in [6, 6.07) is 6.79. The van der Waals surface area contributed by atoms with Crippen molar-refractivity contribution in [2.24, 2.45) is 11.0 Å². The van der Waals surface area contributed by atoms with E-state index in [-0.39, 0.29) is 12.3 Å². The number of amides is 4. The number of nitrogens with zero attached hydrogens (tertiary/aromatic N) is 2. The summed E-state index contributed by atoms with van der Waals surface area (Å²) in [6.07, 6.45) is 1.19. The number of benzene rings is 1. The molecule has 1 aliphatic rings. The largest absolute Gasteiger partial charge is 0.444 e. The highest BCUT2D eigenvalue weighted by atomic mass is 16.6. The molecule has 0 aromatic heterocycles. The second-order valence-electron chi connectivity index (χ2n) is 11.3. The lowest BCUT2D eigenvalue weighted by Gasteiger charge is -2.29. The third kappa shape index (κ3) is 10.1. The maximum absolute atomic E-state index is 13.5. The molecule has 1 aromatic carbocycles. The molecule has 3 unspecified atom stereocenters. The SMILES string of the molecule is CC(C)=NNC(=O)C(CC(C)C)NC(=O)C(Cc1ccccc1)NC(=O)C1CCCN1C(=O)OC(C)(C)C. The van der Waals surface area contributed by atoms with Crippen molar-refractivity contribution >= 4 is 29.5 Å². The Bertz CT molecular complexity index is 999. The molecule has 0 saturated carbocycles. The Morgan fingerprint density at radius 2 is 1.68 bits per heavy atom. The average Bonchev–Trinajstić information content (AvgIpc) is 3.31. The molecule has 4 amide bonds. The highest BCUT2D eigenvalue weighted by molar-refractivity contribution is 5.94. The van der Waals surface area contributed by atoms with Crippen molar-refractivity contribution < 1.29 is 23.9 Å². The van der Waals surface area contributed by atoms with Gasteiger partial charge in [0.1, 0.15) is 23.7 Å². The summed E-state index contributed by atoms with van der Waals surface area (Å²) in [5.74, 6) is -1.21. The van der Waals surface area contributed by atoms with Crippen LogP contribution in [0.5, 0.6) is 0 Å². The van der Waals surface area contributed by atoms with Gasteiger partial charge in [-0.2, -0.15) is 5.10 Å². The van der Waals surface area contributed by atoms with Crippen LogP contribution >= 0.6 is 0 Å². The van der Waals surface area contributed by atoms with Crippen molar-refractivity contribution in [1.82, 2.24) is 21.0 Å². The molecular formula is C28H43N5O5. The maximum atomic E-state index is 13.5. The highest BCUT2D eigenvalue weighted by Gasteiger charge is 2.38. The molecule has 3 atom stereocenters. The Hall–Kier alpha value is -3.43. The van der Waals surface area contributed by atoms with E-state index in [1.165, 1.54) is 4.90 Å². The average molecular weight is 530 g/mol. The van der Waals surface area contributed by atoms with Gasteiger partial charge in [0.25, 0.3) is 5.91 Å². The smallest absolute Gasteiger partial charge is 0.410 e. The van der Waals surface area contributed by atoms with E-state index in [9.17, 15) is 19.2 Å². The predicted octanol–water partition coefficient (Wildman–Crippen LogP) is 3.16. The number of rotatable bonds is 10. The highest BCUT2D eigenvalue weighted by Crippen LogP contribution is 2.21. The molecule has 1 saturated heterocycles. The minimum atomic E-state index is -0.954. The molecule has 0 aliphatic carbocycles. The summed E-state index contributed by atoms with van der Waals surface area (Å²) in [5.41, 5.74) is 3.32. The fourth-order valence-electron chi connectivity index (χ4n) is 4.13. The number of nitrogens with one attached hydrogen (secondary N) is 3. The zero-order valence-corrected chi connectivity index (χ0v) is 23.7. The van der Waals surface area contributed by atoms with Gasteiger partial charge in [-0.1, -0.05) is 44.2 Å². The number of hydrogen-bond donors (Lipinski definition) is 3. The molecule has 10 heteroatoms. The summed E-state index contributed by atoms with van der Waals surface area (Å²) in [5, 5.41) is 9.63. The van der Waals surface area contributed by atoms with Gasteiger partial charge in [0.15, 0.2) is 0 Å². The van der Waals surface area contributed by atoms with Gasteiger partial charge in [0, 0.05) is 18.7 Å². The molecule has 1 heterocycles. The molecule has 2 rings (SSSR count). The van der Waals surface area contributed by atoms with Gasteiger partial charge in [0.05, 0.1) is 0 Å². The maximum Gasteiger partial charge on any atom is 0.410 e. The fourth-order valence-corrected chi connectivity index (χ4v) is 4.13. The Morgan fingerprint density at radius 3 is 2.26 bits per heavy atom. The number of hydrogen-bond acceptors (Lipinski definition) is 6. The number of likely N-dealkylation sites (tertiary alicyclic amines) is 1. The normalized spacial score (nSPS) is 16.8. The molecule has 10 nitrogen and oxygen atoms in total. The molecule has 0 bridgehead atoms. The number of carbonyl (C=O) groups is 4. The molecule has 38 heavy (non-hydrogen) atoms. The lowest BCUT2D eigenvalue weighted by molar-refractivity contribution is -0.133. The van der Waals surface area contributed by atoms with Gasteiger partial charge in [-0.05, 0) is 65.4 Å². The first-order valence-corrected chi connectivity index (χ1v) is 13.2. The third-order valence-corrected chi connectivity index (χ3v) is 5.83. The summed E-state index contributed by atoms with van der Waals surface area (Å²) < 4.78 is 5.48. The predicted molar refractivity (Wildman–Crippen MR) is 146 cm³/mol. The van der Waals surface area contributed by atoms with Crippen LogP contribution in [0.25, 0.3) is 0 Å². The Labute approximate surface area is 225 Å². The quantitative estimate of drug-likeness (QED) is 0.317. The zero-order valence-electron chi connectivity index (χ0n) is 23.7. The van der Waals surface area contributed by atoms with E-state index >= 15 is 0 Å². The zero-order chi connectivity index (χ0) is 28.5. The minimum absolute atomic E-state index is 0.126. The van der Waals surface area contributed by atoms with E-state index in [2.05, 4.69) is 21.2 Å². The van der Waals surface area contributed by atoms with E-state index in [0.29, 0.717) is 31.5 Å². The number of carbonyl (C=O) groups excluding carboxylic acids is 4. The topological polar surface area (TPSA) is 129 Å². The van der Waals surface area contributed by atoms with Gasteiger partial charge in [0.2, 0.25) is 11.8 Å². The summed E-state index contributed by atoms with van der Waals surface area (Å²) >= 11 is 0. The lowest BCUT2D eigenvalue weighted by atomic mass is 10.0. The van der Waals surface area contributed by atoms with Crippen LogP contribution in [0.1, 0.15) is 73.3 Å². The molecule has 1 aliphatic heterocycles. The first-order valence-electron chi connectivity index (χ1n) is 13.2. The first-order chi connectivity index (χ1) is 17.8. The Balaban J connectivity index is 2.23. The summed E-state index contributed by atoms with van der Waals surface area (Å²) in [4.78, 5) is 53.8. The number of ether oxygens (including phenoxy) is 1. The van der Waals surface area contributed by atoms with Crippen molar-refractivity contribution in [2.45, 2.75) is 97.9 Å². The second-order valence-corrected chi connectivity index (χ2v) is 11.3. The molecule has 1 fully saturated rings. The summed E-state index contributed by atoms with van der Waals surface area (Å²) in [7, 11) is 0. The Morgan fingerprint density at radius 1 is 1.03 bits per heavy atom. The van der Waals surface area contributed by atoms with Crippen molar-refractivity contribution in [2.75, 3.05) is 6.54 Å². The standard InChI is InChI=1S/C28H43N5O5/c1-18(2)16-21(25(35)32-31-19(3)4)29-24(34)22(17-20-12-9-8-10-13-20)30-26(36)23-14-11-15-33(23)27(37)38-28(5,6)7/h8-10,12-13,18,21-23H,11,14-17H2,1-7H3,(H,29,34)(H,30,36)(H,32,35). The van der Waals surface area contributed by atoms with E-state index in [0.717, 1.165) is 5.56 Å². The molecule has 210 valence electrons. The molecule has 0 radical (unpaired) electrons. The van der Waals surface area contributed by atoms with Gasteiger partial charge in [-0.25, -0.2) is 10.2 Å². The van der Waals surface area contributed by atoms with Gasteiger partial charge in [-0.3, -0.25) is 19.3 Å². The van der Waals surface area contributed by atoms with Gasteiger partial charge in [-0.15, -0.1) is 0 Å². The fraction of sp³-hybridized carbons (Fsp3) is 0.607.